The minimum Gasteiger partial charge on any atom is -0.504 e. The number of phenols is 1. The van der Waals surface area contributed by atoms with Gasteiger partial charge in [-0.2, -0.15) is 0 Å². The Labute approximate surface area is 151 Å². The van der Waals surface area contributed by atoms with Gasteiger partial charge >= 0.3 is 0 Å². The molecular weight excluding hydrogens is 388 g/mol. The maximum Gasteiger partial charge on any atom is 0.258 e. The van der Waals surface area contributed by atoms with Gasteiger partial charge in [-0.05, 0) is 29.8 Å². The Kier molecular flexibility index (Phi) is 4.76. The zero-order valence-corrected chi connectivity index (χ0v) is 14.9. The van der Waals surface area contributed by atoms with E-state index in [1.54, 1.807) is 36.4 Å². The highest BCUT2D eigenvalue weighted by Gasteiger charge is 2.11. The molecule has 0 radical (unpaired) electrons. The molecule has 2 aromatic carbocycles. The normalized spacial score (nSPS) is 11.3. The van der Waals surface area contributed by atoms with Gasteiger partial charge in [0.15, 0.2) is 11.5 Å². The summed E-state index contributed by atoms with van der Waals surface area (Å²) in [5, 5.41) is 20.9. The van der Waals surface area contributed by atoms with Gasteiger partial charge in [0, 0.05) is 21.5 Å². The summed E-state index contributed by atoms with van der Waals surface area (Å²) in [6.45, 7) is 0.294. The summed E-state index contributed by atoms with van der Waals surface area (Å²) in [5.41, 5.74) is 0.827. The second-order valence-corrected chi connectivity index (χ2v) is 6.21. The number of phenolic OH excluding ortho intramolecular Hbond substituents is 1. The molecule has 25 heavy (non-hydrogen) atoms. The SMILES string of the molecule is COc1ccc(CN=Cc2c(O)[nH]c(=O)c3cccc(Br)c23)cc1O. The number of ether oxygens (including phenoxy) is 1. The summed E-state index contributed by atoms with van der Waals surface area (Å²) in [6.07, 6.45) is 1.50. The monoisotopic (exact) mass is 402 g/mol. The number of pyridine rings is 1. The minimum absolute atomic E-state index is 0.0373. The lowest BCUT2D eigenvalue weighted by molar-refractivity contribution is 0.373. The first-order chi connectivity index (χ1) is 12.0. The third kappa shape index (κ3) is 3.36. The molecule has 0 aliphatic carbocycles. The molecule has 0 unspecified atom stereocenters. The quantitative estimate of drug-likeness (QED) is 0.583. The molecule has 7 heteroatoms. The van der Waals surface area contributed by atoms with Crippen LogP contribution in [-0.2, 0) is 6.54 Å². The fraction of sp³-hybridized carbons (Fsp3) is 0.111. The second kappa shape index (κ2) is 6.98. The molecule has 0 spiro atoms. The number of halogens is 1. The summed E-state index contributed by atoms with van der Waals surface area (Å²) in [4.78, 5) is 18.7. The maximum atomic E-state index is 12.0. The molecule has 128 valence electrons. The van der Waals surface area contributed by atoms with Crippen LogP contribution in [0.3, 0.4) is 0 Å². The zero-order chi connectivity index (χ0) is 18.0. The number of aromatic nitrogens is 1. The fourth-order valence-electron chi connectivity index (χ4n) is 2.55. The van der Waals surface area contributed by atoms with E-state index < -0.39 is 0 Å². The van der Waals surface area contributed by atoms with Gasteiger partial charge in [-0.25, -0.2) is 0 Å². The molecule has 0 saturated carbocycles. The van der Waals surface area contributed by atoms with Gasteiger partial charge in [0.25, 0.3) is 5.56 Å². The van der Waals surface area contributed by atoms with Gasteiger partial charge in [-0.15, -0.1) is 0 Å². The summed E-state index contributed by atoms with van der Waals surface area (Å²) in [7, 11) is 1.48. The van der Waals surface area contributed by atoms with Crippen LogP contribution in [0.1, 0.15) is 11.1 Å². The summed E-state index contributed by atoms with van der Waals surface area (Å²) in [6, 6.07) is 10.2. The Morgan fingerprint density at radius 2 is 2.08 bits per heavy atom. The molecule has 0 amide bonds. The van der Waals surface area contributed by atoms with Gasteiger partial charge in [-0.1, -0.05) is 28.1 Å². The van der Waals surface area contributed by atoms with Crippen molar-refractivity contribution < 1.29 is 14.9 Å². The number of hydrogen-bond acceptors (Lipinski definition) is 5. The van der Waals surface area contributed by atoms with E-state index in [2.05, 4.69) is 25.9 Å². The summed E-state index contributed by atoms with van der Waals surface area (Å²) >= 11 is 3.41. The number of H-pyrrole nitrogens is 1. The number of benzene rings is 2. The topological polar surface area (TPSA) is 94.9 Å². The van der Waals surface area contributed by atoms with Gasteiger partial charge < -0.3 is 14.9 Å². The average Bonchev–Trinajstić information content (AvgIpc) is 2.58. The standard InChI is InChI=1S/C18H15BrN2O4/c1-25-15-6-5-10(7-14(15)22)8-20-9-12-16-11(3-2-4-13(16)19)17(23)21-18(12)24/h2-7,9,22H,8H2,1H3,(H2,21,23,24). The first-order valence-corrected chi connectivity index (χ1v) is 8.19. The van der Waals surface area contributed by atoms with Gasteiger partial charge in [0.2, 0.25) is 5.88 Å². The Balaban J connectivity index is 1.97. The number of aliphatic imine (C=N–C) groups is 1. The second-order valence-electron chi connectivity index (χ2n) is 5.35. The highest BCUT2D eigenvalue weighted by Crippen LogP contribution is 2.29. The van der Waals surface area contributed by atoms with E-state index in [9.17, 15) is 15.0 Å². The molecular formula is C18H15BrN2O4. The van der Waals surface area contributed by atoms with Crippen molar-refractivity contribution in [3.05, 3.63) is 62.4 Å². The van der Waals surface area contributed by atoms with Crippen LogP contribution < -0.4 is 10.3 Å². The van der Waals surface area contributed by atoms with E-state index in [1.807, 2.05) is 0 Å². The number of aromatic hydroxyl groups is 2. The Bertz CT molecular complexity index is 1030. The molecule has 1 heterocycles. The molecule has 0 fully saturated rings. The van der Waals surface area contributed by atoms with E-state index in [0.29, 0.717) is 33.1 Å². The van der Waals surface area contributed by atoms with Crippen molar-refractivity contribution in [2.24, 2.45) is 4.99 Å². The first-order valence-electron chi connectivity index (χ1n) is 7.40. The van der Waals surface area contributed by atoms with E-state index in [1.165, 1.54) is 13.3 Å². The van der Waals surface area contributed by atoms with Crippen LogP contribution in [0, 0.1) is 0 Å². The van der Waals surface area contributed by atoms with Crippen LogP contribution in [0.5, 0.6) is 17.4 Å². The fourth-order valence-corrected chi connectivity index (χ4v) is 3.13. The van der Waals surface area contributed by atoms with Crippen molar-refractivity contribution in [1.82, 2.24) is 4.98 Å². The number of aromatic amines is 1. The Morgan fingerprint density at radius 1 is 1.28 bits per heavy atom. The third-order valence-corrected chi connectivity index (χ3v) is 4.41. The number of rotatable bonds is 4. The summed E-state index contributed by atoms with van der Waals surface area (Å²) < 4.78 is 5.69. The largest absolute Gasteiger partial charge is 0.504 e. The number of fused-ring (bicyclic) bond motifs is 1. The summed E-state index contributed by atoms with van der Waals surface area (Å²) in [5.74, 6) is 0.182. The Hall–Kier alpha value is -2.80. The predicted molar refractivity (Wildman–Crippen MR) is 99.9 cm³/mol. The van der Waals surface area contributed by atoms with Crippen molar-refractivity contribution in [2.75, 3.05) is 7.11 Å². The average molecular weight is 403 g/mol. The highest BCUT2D eigenvalue weighted by atomic mass is 79.9. The van der Waals surface area contributed by atoms with Crippen LogP contribution in [0.2, 0.25) is 0 Å². The number of methoxy groups -OCH3 is 1. The van der Waals surface area contributed by atoms with E-state index >= 15 is 0 Å². The van der Waals surface area contributed by atoms with Crippen LogP contribution in [-0.4, -0.2) is 28.5 Å². The lowest BCUT2D eigenvalue weighted by atomic mass is 10.1. The zero-order valence-electron chi connectivity index (χ0n) is 13.3. The number of nitrogens with one attached hydrogen (secondary N) is 1. The third-order valence-electron chi connectivity index (χ3n) is 3.75. The maximum absolute atomic E-state index is 12.0. The van der Waals surface area contributed by atoms with Crippen molar-refractivity contribution in [1.29, 1.82) is 0 Å². The van der Waals surface area contributed by atoms with Crippen LogP contribution >= 0.6 is 15.9 Å². The van der Waals surface area contributed by atoms with Crippen molar-refractivity contribution in [3.8, 4) is 17.4 Å². The molecule has 3 rings (SSSR count). The molecule has 0 aliphatic rings. The van der Waals surface area contributed by atoms with Crippen molar-refractivity contribution in [2.45, 2.75) is 6.54 Å². The number of nitrogens with zero attached hydrogens (tertiary/aromatic N) is 1. The lowest BCUT2D eigenvalue weighted by Crippen LogP contribution is -2.08. The molecule has 0 aliphatic heterocycles. The smallest absolute Gasteiger partial charge is 0.258 e. The van der Waals surface area contributed by atoms with Crippen LogP contribution in [0.4, 0.5) is 0 Å². The molecule has 0 saturated heterocycles. The lowest BCUT2D eigenvalue weighted by Gasteiger charge is -2.07. The van der Waals surface area contributed by atoms with Gasteiger partial charge in [0.05, 0.1) is 19.2 Å². The van der Waals surface area contributed by atoms with E-state index in [4.69, 9.17) is 4.74 Å². The molecule has 1 aromatic heterocycles. The van der Waals surface area contributed by atoms with Crippen molar-refractivity contribution in [3.63, 3.8) is 0 Å². The molecule has 3 aromatic rings. The van der Waals surface area contributed by atoms with E-state index in [0.717, 1.165) is 5.56 Å². The van der Waals surface area contributed by atoms with Crippen LogP contribution in [0.15, 0.2) is 50.7 Å². The molecule has 3 N–H and O–H groups in total. The predicted octanol–water partition coefficient (Wildman–Crippen LogP) is 3.33. The first kappa shape index (κ1) is 17.0. The van der Waals surface area contributed by atoms with Crippen LogP contribution in [0.25, 0.3) is 10.8 Å². The minimum atomic E-state index is -0.369. The molecule has 0 bridgehead atoms. The molecule has 6 nitrogen and oxygen atoms in total. The van der Waals surface area contributed by atoms with E-state index in [-0.39, 0.29) is 17.2 Å². The van der Waals surface area contributed by atoms with Gasteiger partial charge in [0.1, 0.15) is 0 Å². The van der Waals surface area contributed by atoms with Crippen molar-refractivity contribution >= 4 is 32.9 Å². The molecule has 0 atom stereocenters. The Morgan fingerprint density at radius 3 is 2.80 bits per heavy atom. The highest BCUT2D eigenvalue weighted by molar-refractivity contribution is 9.10. The number of hydrogen-bond donors (Lipinski definition) is 3. The van der Waals surface area contributed by atoms with Gasteiger partial charge in [-0.3, -0.25) is 14.8 Å².